The molecule has 0 aliphatic carbocycles. The zero-order valence-electron chi connectivity index (χ0n) is 10.7. The van der Waals surface area contributed by atoms with E-state index in [2.05, 4.69) is 5.32 Å². The second-order valence-corrected chi connectivity index (χ2v) is 4.12. The van der Waals surface area contributed by atoms with E-state index in [1.807, 2.05) is 0 Å². The number of ether oxygens (including phenoxy) is 1. The highest BCUT2D eigenvalue weighted by Gasteiger charge is 2.37. The number of amides is 1. The Kier molecular flexibility index (Phi) is 5.00. The molecule has 1 aromatic carbocycles. The summed E-state index contributed by atoms with van der Waals surface area (Å²) in [7, 11) is 1.33. The molecule has 5 nitrogen and oxygen atoms in total. The molecular formula is C13H16FNO4. The van der Waals surface area contributed by atoms with Crippen LogP contribution < -0.4 is 5.32 Å². The summed E-state index contributed by atoms with van der Waals surface area (Å²) in [5, 5.41) is 10.9. The summed E-state index contributed by atoms with van der Waals surface area (Å²) in [5.74, 6) is -2.13. The lowest BCUT2D eigenvalue weighted by molar-refractivity contribution is -0.149. The summed E-state index contributed by atoms with van der Waals surface area (Å²) in [6, 6.07) is 7.00. The van der Waals surface area contributed by atoms with Crippen LogP contribution in [-0.4, -0.2) is 36.8 Å². The molecule has 0 saturated carbocycles. The highest BCUT2D eigenvalue weighted by molar-refractivity contribution is 5.90. The van der Waals surface area contributed by atoms with E-state index in [1.165, 1.54) is 14.0 Å². The molecule has 19 heavy (non-hydrogen) atoms. The van der Waals surface area contributed by atoms with Crippen LogP contribution in [0.1, 0.15) is 12.5 Å². The zero-order chi connectivity index (χ0) is 14.5. The molecule has 1 rings (SSSR count). The smallest absolute Gasteiger partial charge is 0.328 e. The van der Waals surface area contributed by atoms with Crippen LogP contribution in [0.5, 0.6) is 0 Å². The summed E-state index contributed by atoms with van der Waals surface area (Å²) < 4.78 is 17.7. The Labute approximate surface area is 110 Å². The summed E-state index contributed by atoms with van der Waals surface area (Å²) in [6.45, 7) is 0.310. The number of nitrogens with one attached hydrogen (secondary N) is 1. The van der Waals surface area contributed by atoms with Gasteiger partial charge in [-0.2, -0.15) is 0 Å². The van der Waals surface area contributed by atoms with Gasteiger partial charge >= 0.3 is 5.97 Å². The number of aliphatic carboxylic acids is 1. The first-order valence-corrected chi connectivity index (χ1v) is 5.66. The van der Waals surface area contributed by atoms with Gasteiger partial charge in [-0.25, -0.2) is 9.18 Å². The SMILES string of the molecule is COC(C)(C(=O)NC(CF)C(=O)O)c1ccccc1. The van der Waals surface area contributed by atoms with E-state index < -0.39 is 30.2 Å². The number of methoxy groups -OCH3 is 1. The molecule has 0 bridgehead atoms. The predicted octanol–water partition coefficient (Wildman–Crippen LogP) is 1.09. The highest BCUT2D eigenvalue weighted by Crippen LogP contribution is 2.24. The molecule has 0 aliphatic rings. The van der Waals surface area contributed by atoms with Crippen molar-refractivity contribution in [3.63, 3.8) is 0 Å². The quantitative estimate of drug-likeness (QED) is 0.810. The van der Waals surface area contributed by atoms with E-state index in [0.717, 1.165) is 0 Å². The Morgan fingerprint density at radius 2 is 2.00 bits per heavy atom. The van der Waals surface area contributed by atoms with Gasteiger partial charge in [-0.05, 0) is 12.5 Å². The Balaban J connectivity index is 2.96. The van der Waals surface area contributed by atoms with Gasteiger partial charge in [-0.1, -0.05) is 30.3 Å². The number of carboxylic acid groups (broad SMARTS) is 1. The van der Waals surface area contributed by atoms with Crippen molar-refractivity contribution in [1.29, 1.82) is 0 Å². The van der Waals surface area contributed by atoms with Gasteiger partial charge in [0.05, 0.1) is 0 Å². The van der Waals surface area contributed by atoms with E-state index in [4.69, 9.17) is 9.84 Å². The van der Waals surface area contributed by atoms with Crippen molar-refractivity contribution < 1.29 is 23.8 Å². The lowest BCUT2D eigenvalue weighted by Crippen LogP contribution is -2.51. The van der Waals surface area contributed by atoms with E-state index in [0.29, 0.717) is 5.56 Å². The summed E-state index contributed by atoms with van der Waals surface area (Å²) >= 11 is 0. The van der Waals surface area contributed by atoms with Crippen LogP contribution in [0.3, 0.4) is 0 Å². The number of hydrogen-bond donors (Lipinski definition) is 2. The molecule has 0 heterocycles. The molecule has 0 saturated heterocycles. The maximum Gasteiger partial charge on any atom is 0.328 e. The van der Waals surface area contributed by atoms with Crippen molar-refractivity contribution in [2.45, 2.75) is 18.6 Å². The summed E-state index contributed by atoms with van der Waals surface area (Å²) in [4.78, 5) is 22.8. The molecule has 0 fully saturated rings. The van der Waals surface area contributed by atoms with Crippen LogP contribution in [0, 0.1) is 0 Å². The van der Waals surface area contributed by atoms with Crippen LogP contribution in [0.2, 0.25) is 0 Å². The normalized spacial score (nSPS) is 15.3. The third-order valence-electron chi connectivity index (χ3n) is 2.92. The number of benzene rings is 1. The molecule has 2 unspecified atom stereocenters. The topological polar surface area (TPSA) is 75.6 Å². The minimum Gasteiger partial charge on any atom is -0.480 e. The summed E-state index contributed by atoms with van der Waals surface area (Å²) in [5.41, 5.74) is -0.817. The Morgan fingerprint density at radius 3 is 2.42 bits per heavy atom. The van der Waals surface area contributed by atoms with Crippen molar-refractivity contribution in [2.75, 3.05) is 13.8 Å². The van der Waals surface area contributed by atoms with Crippen LogP contribution in [0.25, 0.3) is 0 Å². The largest absolute Gasteiger partial charge is 0.480 e. The van der Waals surface area contributed by atoms with Crippen LogP contribution in [-0.2, 0) is 19.9 Å². The van der Waals surface area contributed by atoms with Crippen molar-refractivity contribution in [3.8, 4) is 0 Å². The monoisotopic (exact) mass is 269 g/mol. The van der Waals surface area contributed by atoms with Gasteiger partial charge in [0, 0.05) is 7.11 Å². The fourth-order valence-electron chi connectivity index (χ4n) is 1.56. The average Bonchev–Trinajstić information content (AvgIpc) is 2.44. The van der Waals surface area contributed by atoms with Gasteiger partial charge in [0.2, 0.25) is 0 Å². The minimum absolute atomic E-state index is 0.554. The lowest BCUT2D eigenvalue weighted by atomic mass is 9.94. The van der Waals surface area contributed by atoms with E-state index in [-0.39, 0.29) is 0 Å². The second-order valence-electron chi connectivity index (χ2n) is 4.12. The van der Waals surface area contributed by atoms with Crippen LogP contribution in [0.15, 0.2) is 30.3 Å². The van der Waals surface area contributed by atoms with E-state index in [9.17, 15) is 14.0 Å². The van der Waals surface area contributed by atoms with Gasteiger partial charge < -0.3 is 15.2 Å². The first-order valence-electron chi connectivity index (χ1n) is 5.66. The van der Waals surface area contributed by atoms with Crippen molar-refractivity contribution >= 4 is 11.9 Å². The Hall–Kier alpha value is -1.95. The maximum absolute atomic E-state index is 12.5. The molecule has 2 atom stereocenters. The molecule has 0 radical (unpaired) electrons. The summed E-state index contributed by atoms with van der Waals surface area (Å²) in [6.07, 6.45) is 0. The van der Waals surface area contributed by atoms with Crippen LogP contribution >= 0.6 is 0 Å². The molecule has 1 aromatic rings. The molecule has 1 amide bonds. The first kappa shape index (κ1) is 15.1. The van der Waals surface area contributed by atoms with Crippen molar-refractivity contribution in [2.24, 2.45) is 0 Å². The number of halogens is 1. The van der Waals surface area contributed by atoms with Crippen molar-refractivity contribution in [3.05, 3.63) is 35.9 Å². The third kappa shape index (κ3) is 3.29. The van der Waals surface area contributed by atoms with Crippen LogP contribution in [0.4, 0.5) is 4.39 Å². The Morgan fingerprint density at radius 1 is 1.42 bits per heavy atom. The van der Waals surface area contributed by atoms with Gasteiger partial charge in [0.25, 0.3) is 5.91 Å². The van der Waals surface area contributed by atoms with E-state index >= 15 is 0 Å². The van der Waals surface area contributed by atoms with E-state index in [1.54, 1.807) is 30.3 Å². The Bertz CT molecular complexity index is 451. The highest BCUT2D eigenvalue weighted by atomic mass is 19.1. The molecule has 0 aliphatic heterocycles. The molecule has 0 spiro atoms. The molecule has 104 valence electrons. The molecule has 0 aromatic heterocycles. The number of rotatable bonds is 6. The fraction of sp³-hybridized carbons (Fsp3) is 0.385. The number of hydrogen-bond acceptors (Lipinski definition) is 3. The van der Waals surface area contributed by atoms with Gasteiger partial charge in [0.15, 0.2) is 11.6 Å². The predicted molar refractivity (Wildman–Crippen MR) is 66.3 cm³/mol. The van der Waals surface area contributed by atoms with Gasteiger partial charge in [-0.3, -0.25) is 4.79 Å². The number of alkyl halides is 1. The minimum atomic E-state index is -1.58. The molecule has 2 N–H and O–H groups in total. The second kappa shape index (κ2) is 6.29. The van der Waals surface area contributed by atoms with Crippen molar-refractivity contribution in [1.82, 2.24) is 5.32 Å². The first-order chi connectivity index (χ1) is 8.95. The molecular weight excluding hydrogens is 253 g/mol. The van der Waals surface area contributed by atoms with Gasteiger partial charge in [0.1, 0.15) is 6.67 Å². The fourth-order valence-corrected chi connectivity index (χ4v) is 1.56. The zero-order valence-corrected chi connectivity index (χ0v) is 10.7. The lowest BCUT2D eigenvalue weighted by Gasteiger charge is -2.28. The maximum atomic E-state index is 12.5. The average molecular weight is 269 g/mol. The molecule has 6 heteroatoms. The third-order valence-corrected chi connectivity index (χ3v) is 2.92. The van der Waals surface area contributed by atoms with Gasteiger partial charge in [-0.15, -0.1) is 0 Å². The standard InChI is InChI=1S/C13H16FNO4/c1-13(19-2,9-6-4-3-5-7-9)12(18)15-10(8-14)11(16)17/h3-7,10H,8H2,1-2H3,(H,15,18)(H,16,17). The number of carbonyl (C=O) groups excluding carboxylic acids is 1. The number of carboxylic acids is 1. The number of carbonyl (C=O) groups is 2.